The van der Waals surface area contributed by atoms with Crippen LogP contribution in [0.2, 0.25) is 0 Å². The van der Waals surface area contributed by atoms with Crippen LogP contribution in [0.1, 0.15) is 36.4 Å². The van der Waals surface area contributed by atoms with E-state index in [4.69, 9.17) is 4.52 Å². The number of aromatic nitrogens is 1. The molecule has 6 heteroatoms. The Morgan fingerprint density at radius 3 is 2.58 bits per heavy atom. The molecule has 0 radical (unpaired) electrons. The molecule has 3 amide bonds. The molecule has 0 saturated carbocycles. The zero-order valence-corrected chi connectivity index (χ0v) is 13.9. The van der Waals surface area contributed by atoms with Crippen LogP contribution in [0.15, 0.2) is 34.9 Å². The van der Waals surface area contributed by atoms with E-state index in [2.05, 4.69) is 10.5 Å². The van der Waals surface area contributed by atoms with Crippen LogP contribution in [-0.4, -0.2) is 28.0 Å². The number of rotatable bonds is 6. The molecule has 0 bridgehead atoms. The number of amides is 3. The Kier molecular flexibility index (Phi) is 4.64. The van der Waals surface area contributed by atoms with Crippen molar-refractivity contribution in [3.63, 3.8) is 0 Å². The summed E-state index contributed by atoms with van der Waals surface area (Å²) in [6.07, 6.45) is 1.88. The summed E-state index contributed by atoms with van der Waals surface area (Å²) in [5, 5.41) is 6.82. The first-order valence-corrected chi connectivity index (χ1v) is 8.26. The lowest BCUT2D eigenvalue weighted by Gasteiger charge is -2.13. The Morgan fingerprint density at radius 2 is 1.92 bits per heavy atom. The molecule has 126 valence electrons. The van der Waals surface area contributed by atoms with Gasteiger partial charge in [0.25, 0.3) is 5.91 Å². The van der Waals surface area contributed by atoms with Crippen molar-refractivity contribution in [2.75, 3.05) is 0 Å². The predicted molar refractivity (Wildman–Crippen MR) is 88.3 cm³/mol. The molecule has 1 aromatic carbocycles. The summed E-state index contributed by atoms with van der Waals surface area (Å²) < 4.78 is 5.32. The second kappa shape index (κ2) is 6.86. The lowest BCUT2D eigenvalue weighted by molar-refractivity contribution is -0.127. The van der Waals surface area contributed by atoms with E-state index in [9.17, 15) is 9.59 Å². The van der Waals surface area contributed by atoms with Gasteiger partial charge in [0.2, 0.25) is 0 Å². The van der Waals surface area contributed by atoms with Crippen molar-refractivity contribution < 1.29 is 14.1 Å². The van der Waals surface area contributed by atoms with Gasteiger partial charge in [0.1, 0.15) is 11.8 Å². The van der Waals surface area contributed by atoms with E-state index in [1.807, 2.05) is 44.2 Å². The molecule has 1 aliphatic rings. The molecule has 0 spiro atoms. The van der Waals surface area contributed by atoms with Crippen molar-refractivity contribution in [2.24, 2.45) is 0 Å². The van der Waals surface area contributed by atoms with Crippen LogP contribution in [0, 0.1) is 0 Å². The highest BCUT2D eigenvalue weighted by Gasteiger charge is 2.38. The van der Waals surface area contributed by atoms with Gasteiger partial charge in [0, 0.05) is 18.4 Å². The molecule has 24 heavy (non-hydrogen) atoms. The minimum absolute atomic E-state index is 0.200. The van der Waals surface area contributed by atoms with Crippen LogP contribution >= 0.6 is 0 Å². The minimum atomic E-state index is -0.519. The second-order valence-corrected chi connectivity index (χ2v) is 5.85. The van der Waals surface area contributed by atoms with Gasteiger partial charge in [-0.3, -0.25) is 9.69 Å². The summed E-state index contributed by atoms with van der Waals surface area (Å²) in [4.78, 5) is 26.2. The molecule has 1 aliphatic heterocycles. The van der Waals surface area contributed by atoms with E-state index in [0.29, 0.717) is 19.3 Å². The van der Waals surface area contributed by atoms with Crippen LogP contribution in [0.25, 0.3) is 0 Å². The highest BCUT2D eigenvalue weighted by Crippen LogP contribution is 2.21. The fourth-order valence-electron chi connectivity index (χ4n) is 2.99. The number of carbonyl (C=O) groups excluding carboxylic acids is 2. The van der Waals surface area contributed by atoms with Crippen LogP contribution in [0.3, 0.4) is 0 Å². The molecule has 2 heterocycles. The Morgan fingerprint density at radius 1 is 1.17 bits per heavy atom. The third kappa shape index (κ3) is 3.04. The standard InChI is InChI=1S/C18H21N3O3/c1-3-14-13(16(4-2)24-20-14)11-21-17(22)15(19-18(21)23)10-12-8-6-5-7-9-12/h5-9,15H,3-4,10-11H2,1-2H3,(H,19,23)/t15-/m1/s1. The average molecular weight is 327 g/mol. The van der Waals surface area contributed by atoms with E-state index in [-0.39, 0.29) is 18.5 Å². The van der Waals surface area contributed by atoms with Crippen LogP contribution in [-0.2, 0) is 30.6 Å². The normalized spacial score (nSPS) is 17.4. The Hall–Kier alpha value is -2.63. The van der Waals surface area contributed by atoms with Gasteiger partial charge >= 0.3 is 6.03 Å². The summed E-state index contributed by atoms with van der Waals surface area (Å²) >= 11 is 0. The molecule has 1 aromatic heterocycles. The van der Waals surface area contributed by atoms with E-state index >= 15 is 0 Å². The highest BCUT2D eigenvalue weighted by molar-refractivity contribution is 6.04. The number of nitrogens with one attached hydrogen (secondary N) is 1. The SMILES string of the molecule is CCc1noc(CC)c1CN1C(=O)N[C@H](Cc2ccccc2)C1=O. The summed E-state index contributed by atoms with van der Waals surface area (Å²) in [5.74, 6) is 0.535. The molecule has 2 aromatic rings. The van der Waals surface area contributed by atoms with Crippen molar-refractivity contribution in [1.29, 1.82) is 0 Å². The molecule has 0 unspecified atom stereocenters. The van der Waals surface area contributed by atoms with Crippen molar-refractivity contribution >= 4 is 11.9 Å². The van der Waals surface area contributed by atoms with Gasteiger partial charge in [-0.15, -0.1) is 0 Å². The van der Waals surface area contributed by atoms with E-state index in [1.54, 1.807) is 0 Å². The maximum absolute atomic E-state index is 12.6. The quantitative estimate of drug-likeness (QED) is 0.827. The smallest absolute Gasteiger partial charge is 0.325 e. The van der Waals surface area contributed by atoms with Crippen molar-refractivity contribution in [2.45, 2.75) is 45.7 Å². The Labute approximate surface area is 140 Å². The fourth-order valence-corrected chi connectivity index (χ4v) is 2.99. The fraction of sp³-hybridized carbons (Fsp3) is 0.389. The molecule has 0 aliphatic carbocycles. The lowest BCUT2D eigenvalue weighted by Crippen LogP contribution is -2.32. The number of imide groups is 1. The summed E-state index contributed by atoms with van der Waals surface area (Å²) in [6, 6.07) is 8.80. The highest BCUT2D eigenvalue weighted by atomic mass is 16.5. The lowest BCUT2D eigenvalue weighted by atomic mass is 10.1. The van der Waals surface area contributed by atoms with Gasteiger partial charge in [-0.25, -0.2) is 4.79 Å². The van der Waals surface area contributed by atoms with Crippen LogP contribution in [0.4, 0.5) is 4.79 Å². The molecule has 3 rings (SSSR count). The molecule has 6 nitrogen and oxygen atoms in total. The third-order valence-electron chi connectivity index (χ3n) is 4.31. The van der Waals surface area contributed by atoms with Crippen molar-refractivity contribution in [1.82, 2.24) is 15.4 Å². The van der Waals surface area contributed by atoms with Gasteiger partial charge in [0.05, 0.1) is 12.2 Å². The number of carbonyl (C=O) groups is 2. The molecule has 1 saturated heterocycles. The van der Waals surface area contributed by atoms with Crippen LogP contribution in [0.5, 0.6) is 0 Å². The number of hydrogen-bond donors (Lipinski definition) is 1. The number of nitrogens with zero attached hydrogens (tertiary/aromatic N) is 2. The van der Waals surface area contributed by atoms with E-state index < -0.39 is 6.04 Å². The molecule has 1 N–H and O–H groups in total. The Bertz CT molecular complexity index is 718. The second-order valence-electron chi connectivity index (χ2n) is 5.85. The van der Waals surface area contributed by atoms with Crippen molar-refractivity contribution in [3.05, 3.63) is 52.9 Å². The summed E-state index contributed by atoms with van der Waals surface area (Å²) in [7, 11) is 0. The summed E-state index contributed by atoms with van der Waals surface area (Å²) in [6.45, 7) is 4.16. The predicted octanol–water partition coefficient (Wildman–Crippen LogP) is 2.46. The molecular formula is C18H21N3O3. The maximum atomic E-state index is 12.6. The topological polar surface area (TPSA) is 75.4 Å². The first-order valence-electron chi connectivity index (χ1n) is 8.26. The average Bonchev–Trinajstić information content (AvgIpc) is 3.11. The zero-order chi connectivity index (χ0) is 17.1. The van der Waals surface area contributed by atoms with Gasteiger partial charge in [0.15, 0.2) is 0 Å². The number of hydrogen-bond acceptors (Lipinski definition) is 4. The third-order valence-corrected chi connectivity index (χ3v) is 4.31. The maximum Gasteiger partial charge on any atom is 0.325 e. The minimum Gasteiger partial charge on any atom is -0.361 e. The first-order chi connectivity index (χ1) is 11.6. The van der Waals surface area contributed by atoms with Crippen LogP contribution < -0.4 is 5.32 Å². The molecule has 1 fully saturated rings. The van der Waals surface area contributed by atoms with E-state index in [0.717, 1.165) is 22.6 Å². The number of urea groups is 1. The first kappa shape index (κ1) is 16.2. The van der Waals surface area contributed by atoms with Gasteiger partial charge in [-0.1, -0.05) is 49.3 Å². The van der Waals surface area contributed by atoms with Gasteiger partial charge in [-0.2, -0.15) is 0 Å². The number of benzene rings is 1. The van der Waals surface area contributed by atoms with E-state index in [1.165, 1.54) is 4.90 Å². The number of aryl methyl sites for hydroxylation is 2. The van der Waals surface area contributed by atoms with Crippen molar-refractivity contribution in [3.8, 4) is 0 Å². The zero-order valence-electron chi connectivity index (χ0n) is 13.9. The largest absolute Gasteiger partial charge is 0.361 e. The monoisotopic (exact) mass is 327 g/mol. The Balaban J connectivity index is 1.76. The van der Waals surface area contributed by atoms with Gasteiger partial charge in [-0.05, 0) is 12.0 Å². The molecular weight excluding hydrogens is 306 g/mol. The molecule has 1 atom stereocenters. The summed E-state index contributed by atoms with van der Waals surface area (Å²) in [5.41, 5.74) is 2.68. The van der Waals surface area contributed by atoms with Gasteiger partial charge < -0.3 is 9.84 Å².